The van der Waals surface area contributed by atoms with Gasteiger partial charge in [0.05, 0.1) is 15.5 Å². The molecule has 3 rings (SSSR count). The number of nitrogens with zero attached hydrogens (tertiary/aromatic N) is 4. The van der Waals surface area contributed by atoms with E-state index in [1.165, 1.54) is 16.7 Å². The second kappa shape index (κ2) is 7.03. The maximum absolute atomic E-state index is 12.4. The molecule has 1 amide bonds. The summed E-state index contributed by atoms with van der Waals surface area (Å²) in [7, 11) is 3.36. The van der Waals surface area contributed by atoms with E-state index in [-0.39, 0.29) is 16.5 Å². The molecule has 0 saturated carbocycles. The second-order valence-corrected chi connectivity index (χ2v) is 7.38. The van der Waals surface area contributed by atoms with Crippen LogP contribution in [-0.2, 0) is 4.79 Å². The van der Waals surface area contributed by atoms with Gasteiger partial charge in [-0.15, -0.1) is 0 Å². The fourth-order valence-corrected chi connectivity index (χ4v) is 4.07. The van der Waals surface area contributed by atoms with Crippen LogP contribution in [0.2, 0.25) is 0 Å². The van der Waals surface area contributed by atoms with Gasteiger partial charge in [-0.3, -0.25) is 24.8 Å². The van der Waals surface area contributed by atoms with Crippen molar-refractivity contribution >= 4 is 34.6 Å². The summed E-state index contributed by atoms with van der Waals surface area (Å²) >= 11 is 1.34. The zero-order valence-corrected chi connectivity index (χ0v) is 16.6. The Morgan fingerprint density at radius 3 is 2.52 bits per heavy atom. The maximum Gasteiger partial charge on any atom is 0.274 e. The lowest BCUT2D eigenvalue weighted by Gasteiger charge is -2.10. The van der Waals surface area contributed by atoms with Crippen molar-refractivity contribution in [2.75, 3.05) is 14.1 Å². The first kappa shape index (κ1) is 18.9. The number of aryl methyl sites for hydroxylation is 2. The third kappa shape index (κ3) is 3.28. The SMILES string of the molecule is CN=C1S/C(=C\c2cc(C)n(-c3ccc(C)c([N+](=O)[O-])c3)c2C)C(=O)N1C. The molecule has 0 radical (unpaired) electrons. The Labute approximate surface area is 161 Å². The molecule has 0 atom stereocenters. The minimum absolute atomic E-state index is 0.0867. The fraction of sp³-hybridized carbons (Fsp3) is 0.263. The molecular weight excluding hydrogens is 364 g/mol. The van der Waals surface area contributed by atoms with E-state index in [2.05, 4.69) is 4.99 Å². The molecule has 140 valence electrons. The summed E-state index contributed by atoms with van der Waals surface area (Å²) in [6.45, 7) is 5.60. The predicted molar refractivity (Wildman–Crippen MR) is 108 cm³/mol. The first-order valence-electron chi connectivity index (χ1n) is 8.33. The van der Waals surface area contributed by atoms with Gasteiger partial charge in [-0.2, -0.15) is 0 Å². The first-order chi connectivity index (χ1) is 12.7. The molecule has 1 aromatic heterocycles. The standard InChI is InChI=1S/C19H20N4O3S/c1-11-6-7-15(10-16(11)23(25)26)22-12(2)8-14(13(22)3)9-17-18(24)21(5)19(20-4)27-17/h6-10H,1-5H3/b17-9-,20-19?. The van der Waals surface area contributed by atoms with Crippen molar-refractivity contribution in [2.45, 2.75) is 20.8 Å². The number of hydrogen-bond acceptors (Lipinski definition) is 5. The molecule has 1 aromatic carbocycles. The van der Waals surface area contributed by atoms with Gasteiger partial charge in [-0.25, -0.2) is 0 Å². The normalized spacial score (nSPS) is 17.4. The zero-order chi connectivity index (χ0) is 19.9. The highest BCUT2D eigenvalue weighted by atomic mass is 32.2. The molecule has 8 heteroatoms. The molecule has 0 aliphatic carbocycles. The van der Waals surface area contributed by atoms with Crippen LogP contribution in [0.15, 0.2) is 34.2 Å². The lowest BCUT2D eigenvalue weighted by atomic mass is 10.1. The lowest BCUT2D eigenvalue weighted by Crippen LogP contribution is -2.23. The van der Waals surface area contributed by atoms with Crippen LogP contribution in [0, 0.1) is 30.9 Å². The molecule has 27 heavy (non-hydrogen) atoms. The number of benzene rings is 1. The van der Waals surface area contributed by atoms with Crippen molar-refractivity contribution in [1.29, 1.82) is 0 Å². The number of carbonyl (C=O) groups is 1. The topological polar surface area (TPSA) is 80.7 Å². The largest absolute Gasteiger partial charge is 0.318 e. The van der Waals surface area contributed by atoms with Crippen LogP contribution in [0.4, 0.5) is 5.69 Å². The quantitative estimate of drug-likeness (QED) is 0.457. The van der Waals surface area contributed by atoms with Crippen LogP contribution in [0.1, 0.15) is 22.5 Å². The molecule has 0 N–H and O–H groups in total. The fourth-order valence-electron chi connectivity index (χ4n) is 3.16. The van der Waals surface area contributed by atoms with Crippen LogP contribution >= 0.6 is 11.8 Å². The van der Waals surface area contributed by atoms with Crippen LogP contribution < -0.4 is 0 Å². The van der Waals surface area contributed by atoms with Crippen molar-refractivity contribution < 1.29 is 9.72 Å². The monoisotopic (exact) mass is 384 g/mol. The van der Waals surface area contributed by atoms with Crippen molar-refractivity contribution in [3.63, 3.8) is 0 Å². The van der Waals surface area contributed by atoms with Gasteiger partial charge in [0.2, 0.25) is 0 Å². The summed E-state index contributed by atoms with van der Waals surface area (Å²) in [6, 6.07) is 7.17. The molecule has 0 unspecified atom stereocenters. The Morgan fingerprint density at radius 2 is 1.93 bits per heavy atom. The van der Waals surface area contributed by atoms with E-state index in [0.717, 1.165) is 22.6 Å². The van der Waals surface area contributed by atoms with Crippen molar-refractivity contribution in [3.05, 3.63) is 61.8 Å². The van der Waals surface area contributed by atoms with Crippen molar-refractivity contribution in [3.8, 4) is 5.69 Å². The number of aliphatic imine (C=N–C) groups is 1. The number of likely N-dealkylation sites (N-methyl/N-ethyl adjacent to an activating group) is 1. The van der Waals surface area contributed by atoms with E-state index >= 15 is 0 Å². The van der Waals surface area contributed by atoms with E-state index in [9.17, 15) is 14.9 Å². The first-order valence-corrected chi connectivity index (χ1v) is 9.15. The average molecular weight is 384 g/mol. The molecule has 2 heterocycles. The van der Waals surface area contributed by atoms with E-state index in [1.54, 1.807) is 33.2 Å². The van der Waals surface area contributed by atoms with Crippen LogP contribution in [-0.4, -0.2) is 39.6 Å². The summed E-state index contributed by atoms with van der Waals surface area (Å²) in [5.41, 5.74) is 4.19. The molecule has 1 fully saturated rings. The van der Waals surface area contributed by atoms with Gasteiger partial charge >= 0.3 is 0 Å². The zero-order valence-electron chi connectivity index (χ0n) is 15.8. The van der Waals surface area contributed by atoms with Gasteiger partial charge in [0, 0.05) is 37.1 Å². The third-order valence-electron chi connectivity index (χ3n) is 4.60. The minimum atomic E-state index is -0.370. The number of amides is 1. The second-order valence-electron chi connectivity index (χ2n) is 6.37. The Bertz CT molecular complexity index is 1020. The summed E-state index contributed by atoms with van der Waals surface area (Å²) in [5.74, 6) is -0.0867. The smallest absolute Gasteiger partial charge is 0.274 e. The average Bonchev–Trinajstić information content (AvgIpc) is 3.05. The minimum Gasteiger partial charge on any atom is -0.318 e. The maximum atomic E-state index is 12.4. The molecular formula is C19H20N4O3S. The van der Waals surface area contributed by atoms with E-state index in [0.29, 0.717) is 15.6 Å². The summed E-state index contributed by atoms with van der Waals surface area (Å²) in [5, 5.41) is 11.9. The van der Waals surface area contributed by atoms with Crippen LogP contribution in [0.25, 0.3) is 11.8 Å². The number of carbonyl (C=O) groups excluding carboxylic acids is 1. The number of rotatable bonds is 3. The molecule has 2 aromatic rings. The Morgan fingerprint density at radius 1 is 1.22 bits per heavy atom. The molecule has 0 bridgehead atoms. The number of hydrogen-bond donors (Lipinski definition) is 0. The predicted octanol–water partition coefficient (Wildman–Crippen LogP) is 3.84. The Kier molecular flexibility index (Phi) is 4.93. The van der Waals surface area contributed by atoms with Gasteiger partial charge in [0.15, 0.2) is 5.17 Å². The number of nitro groups is 1. The number of thioether (sulfide) groups is 1. The van der Waals surface area contributed by atoms with Crippen molar-refractivity contribution in [2.24, 2.45) is 4.99 Å². The van der Waals surface area contributed by atoms with E-state index in [4.69, 9.17) is 0 Å². The lowest BCUT2D eigenvalue weighted by molar-refractivity contribution is -0.385. The molecule has 7 nitrogen and oxygen atoms in total. The summed E-state index contributed by atoms with van der Waals surface area (Å²) in [6.07, 6.45) is 1.85. The Balaban J connectivity index is 2.07. The third-order valence-corrected chi connectivity index (χ3v) is 5.75. The van der Waals surface area contributed by atoms with E-state index < -0.39 is 0 Å². The van der Waals surface area contributed by atoms with Gasteiger partial charge in [0.1, 0.15) is 0 Å². The highest BCUT2D eigenvalue weighted by Gasteiger charge is 2.30. The molecule has 0 spiro atoms. The number of nitro benzene ring substituents is 1. The molecule has 1 saturated heterocycles. The Hall–Kier alpha value is -2.87. The van der Waals surface area contributed by atoms with Gasteiger partial charge in [-0.05, 0) is 56.3 Å². The summed E-state index contributed by atoms with van der Waals surface area (Å²) < 4.78 is 1.96. The van der Waals surface area contributed by atoms with Crippen LogP contribution in [0.5, 0.6) is 0 Å². The molecule has 1 aliphatic heterocycles. The van der Waals surface area contributed by atoms with Gasteiger partial charge < -0.3 is 4.57 Å². The van der Waals surface area contributed by atoms with Crippen LogP contribution in [0.3, 0.4) is 0 Å². The highest BCUT2D eigenvalue weighted by molar-refractivity contribution is 8.18. The van der Waals surface area contributed by atoms with Gasteiger partial charge in [-0.1, -0.05) is 6.07 Å². The van der Waals surface area contributed by atoms with Crippen molar-refractivity contribution in [1.82, 2.24) is 9.47 Å². The number of amidine groups is 1. The molecule has 1 aliphatic rings. The summed E-state index contributed by atoms with van der Waals surface area (Å²) in [4.78, 5) is 29.5. The van der Waals surface area contributed by atoms with E-state index in [1.807, 2.05) is 36.6 Å². The highest BCUT2D eigenvalue weighted by Crippen LogP contribution is 2.33. The van der Waals surface area contributed by atoms with Gasteiger partial charge in [0.25, 0.3) is 11.6 Å². The number of aromatic nitrogens is 1.